The van der Waals surface area contributed by atoms with Crippen LogP contribution in [0.4, 0.5) is 0 Å². The van der Waals surface area contributed by atoms with Crippen LogP contribution in [0.1, 0.15) is 16.7 Å². The lowest BCUT2D eigenvalue weighted by atomic mass is 10.0. The minimum atomic E-state index is 0.640. The Morgan fingerprint density at radius 2 is 1.95 bits per heavy atom. The standard InChI is InChI=1S/C19H20N2O/c1-16-7-8-19(22-12-11-21-10-9-20-15-21)18(13-16)14-17-5-3-2-4-6-17/h2-10,13,15H,11-12,14H2,1H3. The molecule has 112 valence electrons. The van der Waals surface area contributed by atoms with E-state index in [0.29, 0.717) is 6.61 Å². The highest BCUT2D eigenvalue weighted by Gasteiger charge is 2.05. The lowest BCUT2D eigenvalue weighted by Crippen LogP contribution is -2.08. The molecule has 3 aromatic rings. The Labute approximate surface area is 131 Å². The van der Waals surface area contributed by atoms with Gasteiger partial charge >= 0.3 is 0 Å². The molecule has 0 saturated carbocycles. The van der Waals surface area contributed by atoms with Crippen LogP contribution in [0.15, 0.2) is 67.3 Å². The van der Waals surface area contributed by atoms with Crippen molar-refractivity contribution < 1.29 is 4.74 Å². The fourth-order valence-electron chi connectivity index (χ4n) is 2.48. The first-order valence-corrected chi connectivity index (χ1v) is 7.53. The van der Waals surface area contributed by atoms with Gasteiger partial charge in [0.15, 0.2) is 0 Å². The Kier molecular flexibility index (Phi) is 4.54. The maximum absolute atomic E-state index is 5.99. The molecule has 0 N–H and O–H groups in total. The second-order valence-electron chi connectivity index (χ2n) is 5.42. The second-order valence-corrected chi connectivity index (χ2v) is 5.42. The molecule has 0 aliphatic carbocycles. The van der Waals surface area contributed by atoms with Crippen molar-refractivity contribution in [3.63, 3.8) is 0 Å². The van der Waals surface area contributed by atoms with Crippen LogP contribution < -0.4 is 4.74 Å². The van der Waals surface area contributed by atoms with Gasteiger partial charge in [0.25, 0.3) is 0 Å². The van der Waals surface area contributed by atoms with E-state index in [9.17, 15) is 0 Å². The van der Waals surface area contributed by atoms with Gasteiger partial charge in [0, 0.05) is 18.8 Å². The zero-order chi connectivity index (χ0) is 15.2. The van der Waals surface area contributed by atoms with Crippen LogP contribution in [0.25, 0.3) is 0 Å². The van der Waals surface area contributed by atoms with Gasteiger partial charge in [-0.25, -0.2) is 4.98 Å². The average molecular weight is 292 g/mol. The van der Waals surface area contributed by atoms with Gasteiger partial charge in [0.05, 0.1) is 12.9 Å². The quantitative estimate of drug-likeness (QED) is 0.690. The maximum atomic E-state index is 5.99. The van der Waals surface area contributed by atoms with Gasteiger partial charge < -0.3 is 9.30 Å². The summed E-state index contributed by atoms with van der Waals surface area (Å²) >= 11 is 0. The summed E-state index contributed by atoms with van der Waals surface area (Å²) < 4.78 is 8.01. The molecule has 0 aliphatic heterocycles. The summed E-state index contributed by atoms with van der Waals surface area (Å²) in [6, 6.07) is 16.9. The third-order valence-electron chi connectivity index (χ3n) is 3.62. The predicted octanol–water partition coefficient (Wildman–Crippen LogP) is 3.86. The van der Waals surface area contributed by atoms with Crippen LogP contribution in [0.5, 0.6) is 5.75 Å². The second kappa shape index (κ2) is 6.94. The number of hydrogen-bond donors (Lipinski definition) is 0. The Balaban J connectivity index is 1.70. The fraction of sp³-hybridized carbons (Fsp3) is 0.211. The Morgan fingerprint density at radius 1 is 1.09 bits per heavy atom. The summed E-state index contributed by atoms with van der Waals surface area (Å²) in [4.78, 5) is 4.04. The van der Waals surface area contributed by atoms with E-state index in [-0.39, 0.29) is 0 Å². The summed E-state index contributed by atoms with van der Waals surface area (Å²) in [7, 11) is 0. The molecule has 3 rings (SSSR count). The minimum absolute atomic E-state index is 0.640. The first-order chi connectivity index (χ1) is 10.8. The van der Waals surface area contributed by atoms with Crippen molar-refractivity contribution in [3.05, 3.63) is 83.9 Å². The van der Waals surface area contributed by atoms with Crippen molar-refractivity contribution in [1.29, 1.82) is 0 Å². The molecule has 2 aromatic carbocycles. The normalized spacial score (nSPS) is 10.6. The Hall–Kier alpha value is -2.55. The van der Waals surface area contributed by atoms with Gasteiger partial charge in [-0.2, -0.15) is 0 Å². The molecule has 1 heterocycles. The van der Waals surface area contributed by atoms with Crippen molar-refractivity contribution in [2.45, 2.75) is 19.9 Å². The van der Waals surface area contributed by atoms with Gasteiger partial charge in [0.2, 0.25) is 0 Å². The number of aryl methyl sites for hydroxylation is 1. The van der Waals surface area contributed by atoms with E-state index in [1.807, 2.05) is 23.2 Å². The molecule has 1 aromatic heterocycles. The third kappa shape index (κ3) is 3.76. The smallest absolute Gasteiger partial charge is 0.122 e. The van der Waals surface area contributed by atoms with Gasteiger partial charge in [-0.3, -0.25) is 0 Å². The minimum Gasteiger partial charge on any atom is -0.491 e. The molecule has 3 nitrogen and oxygen atoms in total. The number of imidazole rings is 1. The molecule has 0 radical (unpaired) electrons. The summed E-state index contributed by atoms with van der Waals surface area (Å²) in [5.41, 5.74) is 3.79. The molecule has 0 aliphatic rings. The van der Waals surface area contributed by atoms with Crippen molar-refractivity contribution in [3.8, 4) is 5.75 Å². The van der Waals surface area contributed by atoms with Crippen LogP contribution >= 0.6 is 0 Å². The highest BCUT2D eigenvalue weighted by Crippen LogP contribution is 2.23. The first kappa shape index (κ1) is 14.4. The summed E-state index contributed by atoms with van der Waals surface area (Å²) in [6.45, 7) is 3.56. The van der Waals surface area contributed by atoms with E-state index in [2.05, 4.69) is 54.4 Å². The van der Waals surface area contributed by atoms with Gasteiger partial charge in [-0.1, -0.05) is 48.0 Å². The average Bonchev–Trinajstić information content (AvgIpc) is 3.04. The van der Waals surface area contributed by atoms with Gasteiger partial charge in [-0.15, -0.1) is 0 Å². The van der Waals surface area contributed by atoms with Crippen LogP contribution in [-0.4, -0.2) is 16.2 Å². The van der Waals surface area contributed by atoms with Crippen molar-refractivity contribution >= 4 is 0 Å². The molecule has 0 spiro atoms. The number of nitrogens with zero attached hydrogens (tertiary/aromatic N) is 2. The van der Waals surface area contributed by atoms with E-state index >= 15 is 0 Å². The lowest BCUT2D eigenvalue weighted by Gasteiger charge is -2.13. The summed E-state index contributed by atoms with van der Waals surface area (Å²) in [5, 5.41) is 0. The van der Waals surface area contributed by atoms with Crippen LogP contribution in [0, 0.1) is 6.92 Å². The lowest BCUT2D eigenvalue weighted by molar-refractivity contribution is 0.296. The van der Waals surface area contributed by atoms with E-state index in [4.69, 9.17) is 4.74 Å². The number of aromatic nitrogens is 2. The summed E-state index contributed by atoms with van der Waals surface area (Å²) in [5.74, 6) is 0.967. The van der Waals surface area contributed by atoms with E-state index in [1.165, 1.54) is 16.7 Å². The van der Waals surface area contributed by atoms with Crippen molar-refractivity contribution in [2.24, 2.45) is 0 Å². The molecule has 0 unspecified atom stereocenters. The van der Waals surface area contributed by atoms with E-state index in [1.54, 1.807) is 6.20 Å². The van der Waals surface area contributed by atoms with Crippen LogP contribution in [-0.2, 0) is 13.0 Å². The molecule has 0 amide bonds. The zero-order valence-electron chi connectivity index (χ0n) is 12.8. The highest BCUT2D eigenvalue weighted by atomic mass is 16.5. The highest BCUT2D eigenvalue weighted by molar-refractivity contribution is 5.40. The van der Waals surface area contributed by atoms with Gasteiger partial charge in [0.1, 0.15) is 12.4 Å². The molecule has 22 heavy (non-hydrogen) atoms. The van der Waals surface area contributed by atoms with Crippen molar-refractivity contribution in [2.75, 3.05) is 6.61 Å². The number of hydrogen-bond acceptors (Lipinski definition) is 2. The van der Waals surface area contributed by atoms with E-state index in [0.717, 1.165) is 18.7 Å². The first-order valence-electron chi connectivity index (χ1n) is 7.53. The molecule has 0 bridgehead atoms. The molecular formula is C19H20N2O. The molecule has 0 atom stereocenters. The number of ether oxygens (including phenoxy) is 1. The fourth-order valence-corrected chi connectivity index (χ4v) is 2.48. The largest absolute Gasteiger partial charge is 0.491 e. The molecule has 0 saturated heterocycles. The maximum Gasteiger partial charge on any atom is 0.122 e. The predicted molar refractivity (Wildman–Crippen MR) is 88.1 cm³/mol. The SMILES string of the molecule is Cc1ccc(OCCn2ccnc2)c(Cc2ccccc2)c1. The monoisotopic (exact) mass is 292 g/mol. The van der Waals surface area contributed by atoms with Crippen LogP contribution in [0.3, 0.4) is 0 Å². The van der Waals surface area contributed by atoms with Gasteiger partial charge in [-0.05, 0) is 24.1 Å². The molecular weight excluding hydrogens is 272 g/mol. The summed E-state index contributed by atoms with van der Waals surface area (Å²) in [6.07, 6.45) is 6.43. The van der Waals surface area contributed by atoms with E-state index < -0.39 is 0 Å². The number of rotatable bonds is 6. The molecule has 0 fully saturated rings. The zero-order valence-corrected chi connectivity index (χ0v) is 12.8. The number of benzene rings is 2. The van der Waals surface area contributed by atoms with Crippen molar-refractivity contribution in [1.82, 2.24) is 9.55 Å². The molecule has 3 heteroatoms. The topological polar surface area (TPSA) is 27.1 Å². The Bertz CT molecular complexity index is 706. The van der Waals surface area contributed by atoms with Crippen LogP contribution in [0.2, 0.25) is 0 Å². The Morgan fingerprint density at radius 3 is 2.73 bits per heavy atom. The third-order valence-corrected chi connectivity index (χ3v) is 3.62.